The van der Waals surface area contributed by atoms with E-state index in [1.807, 2.05) is 13.1 Å². The van der Waals surface area contributed by atoms with Crippen LogP contribution in [0.25, 0.3) is 10.9 Å². The number of carbonyl (C=O) groups is 1. The molecule has 1 saturated heterocycles. The van der Waals surface area contributed by atoms with E-state index in [-0.39, 0.29) is 11.8 Å². The minimum Gasteiger partial charge on any atom is -0.361 e. The lowest BCUT2D eigenvalue weighted by Crippen LogP contribution is -2.53. The number of likely N-dealkylation sites (tertiary alicyclic amines) is 1. The highest BCUT2D eigenvalue weighted by Crippen LogP contribution is 2.44. The van der Waals surface area contributed by atoms with Crippen LogP contribution in [0.1, 0.15) is 29.9 Å². The zero-order valence-electron chi connectivity index (χ0n) is 16.1. The van der Waals surface area contributed by atoms with Crippen LogP contribution in [0.2, 0.25) is 0 Å². The van der Waals surface area contributed by atoms with E-state index in [1.54, 1.807) is 0 Å². The van der Waals surface area contributed by atoms with E-state index < -0.39 is 0 Å². The highest BCUT2D eigenvalue weighted by molar-refractivity contribution is 5.88. The fraction of sp³-hybridized carbons (Fsp3) is 0.500. The molecule has 3 atom stereocenters. The Bertz CT molecular complexity index is 827. The van der Waals surface area contributed by atoms with Gasteiger partial charge in [-0.1, -0.05) is 18.2 Å². The van der Waals surface area contributed by atoms with Gasteiger partial charge >= 0.3 is 0 Å². The van der Waals surface area contributed by atoms with E-state index in [2.05, 4.69) is 51.5 Å². The molecular weight excluding hydrogens is 336 g/mol. The molecule has 1 aliphatic carbocycles. The number of carbonyl (C=O) groups excluding carboxylic acids is 1. The lowest BCUT2D eigenvalue weighted by atomic mass is 9.72. The Labute approximate surface area is 161 Å². The van der Waals surface area contributed by atoms with Crippen molar-refractivity contribution in [2.45, 2.75) is 31.2 Å². The molecule has 5 heteroatoms. The average Bonchev–Trinajstić information content (AvgIpc) is 3.10. The summed E-state index contributed by atoms with van der Waals surface area (Å²) in [5.41, 5.74) is 4.03. The number of amides is 1. The van der Waals surface area contributed by atoms with Crippen LogP contribution in [0.4, 0.5) is 0 Å². The van der Waals surface area contributed by atoms with Gasteiger partial charge in [-0.3, -0.25) is 9.69 Å². The topological polar surface area (TPSA) is 60.2 Å². The van der Waals surface area contributed by atoms with Gasteiger partial charge in [-0.05, 0) is 50.0 Å². The second kappa shape index (κ2) is 7.87. The van der Waals surface area contributed by atoms with Crippen LogP contribution in [0.3, 0.4) is 0 Å². The van der Waals surface area contributed by atoms with Gasteiger partial charge in [0.05, 0.1) is 5.92 Å². The van der Waals surface area contributed by atoms with Crippen molar-refractivity contribution < 1.29 is 4.79 Å². The summed E-state index contributed by atoms with van der Waals surface area (Å²) in [5, 5.41) is 7.65. The predicted octanol–water partition coefficient (Wildman–Crippen LogP) is 2.41. The van der Waals surface area contributed by atoms with Crippen LogP contribution in [0, 0.1) is 5.92 Å². The smallest absolute Gasteiger partial charge is 0.224 e. The lowest BCUT2D eigenvalue weighted by molar-refractivity contribution is -0.127. The Balaban J connectivity index is 1.58. The van der Waals surface area contributed by atoms with Gasteiger partial charge in [-0.2, -0.15) is 0 Å². The summed E-state index contributed by atoms with van der Waals surface area (Å²) in [7, 11) is 1.94. The molecule has 1 fully saturated rings. The molecule has 1 amide bonds. The van der Waals surface area contributed by atoms with E-state index in [1.165, 1.54) is 22.0 Å². The average molecular weight is 367 g/mol. The third-order valence-electron chi connectivity index (χ3n) is 6.21. The molecule has 3 N–H and O–H groups in total. The number of piperidine rings is 1. The van der Waals surface area contributed by atoms with Crippen molar-refractivity contribution in [2.24, 2.45) is 5.92 Å². The third-order valence-corrected chi connectivity index (χ3v) is 6.21. The number of fused-ring (bicyclic) bond motifs is 2. The fourth-order valence-corrected chi connectivity index (χ4v) is 4.98. The van der Waals surface area contributed by atoms with Crippen molar-refractivity contribution in [3.8, 4) is 0 Å². The standard InChI is InChI=1S/C22H30N4O/c1-3-10-26-14-16(22(27)24-9-5-8-23-2)11-18-17-6-4-7-19-21(17)15(13-25-19)12-20(18)26/h3-4,6-7,13,16,18,20,23,25H,1,5,8-12,14H2,2H3,(H,24,27)/t16-,18?,20-/m1/s1. The second-order valence-corrected chi connectivity index (χ2v) is 7.89. The van der Waals surface area contributed by atoms with Crippen molar-refractivity contribution >= 4 is 16.8 Å². The first kappa shape index (κ1) is 18.3. The second-order valence-electron chi connectivity index (χ2n) is 7.89. The molecule has 5 nitrogen and oxygen atoms in total. The van der Waals surface area contributed by atoms with Crippen molar-refractivity contribution in [1.29, 1.82) is 0 Å². The summed E-state index contributed by atoms with van der Waals surface area (Å²) >= 11 is 0. The van der Waals surface area contributed by atoms with Crippen LogP contribution in [-0.4, -0.2) is 55.1 Å². The number of H-pyrrole nitrogens is 1. The van der Waals surface area contributed by atoms with E-state index in [0.717, 1.165) is 45.4 Å². The summed E-state index contributed by atoms with van der Waals surface area (Å²) in [6.45, 7) is 7.27. The molecule has 0 saturated carbocycles. The van der Waals surface area contributed by atoms with E-state index in [4.69, 9.17) is 0 Å². The van der Waals surface area contributed by atoms with Gasteiger partial charge in [0, 0.05) is 48.7 Å². The minimum atomic E-state index is 0.0385. The van der Waals surface area contributed by atoms with Gasteiger partial charge in [-0.25, -0.2) is 0 Å². The normalized spacial score (nSPS) is 24.6. The number of benzene rings is 1. The van der Waals surface area contributed by atoms with Gasteiger partial charge in [0.15, 0.2) is 0 Å². The Morgan fingerprint density at radius 1 is 1.41 bits per heavy atom. The molecule has 144 valence electrons. The summed E-state index contributed by atoms with van der Waals surface area (Å²) in [5.74, 6) is 0.640. The maximum Gasteiger partial charge on any atom is 0.224 e. The zero-order valence-corrected chi connectivity index (χ0v) is 16.1. The number of hydrogen-bond acceptors (Lipinski definition) is 3. The van der Waals surface area contributed by atoms with Crippen molar-refractivity contribution in [1.82, 2.24) is 20.5 Å². The highest BCUT2D eigenvalue weighted by atomic mass is 16.1. The summed E-state index contributed by atoms with van der Waals surface area (Å²) in [6, 6.07) is 7.00. The highest BCUT2D eigenvalue weighted by Gasteiger charge is 2.42. The fourth-order valence-electron chi connectivity index (χ4n) is 4.98. The Morgan fingerprint density at radius 2 is 2.30 bits per heavy atom. The maximum absolute atomic E-state index is 12.8. The maximum atomic E-state index is 12.8. The number of aromatic amines is 1. The molecule has 1 unspecified atom stereocenters. The molecule has 0 spiro atoms. The molecule has 4 rings (SSSR count). The van der Waals surface area contributed by atoms with E-state index >= 15 is 0 Å². The first-order valence-corrected chi connectivity index (χ1v) is 10.1. The van der Waals surface area contributed by atoms with Gasteiger partial charge < -0.3 is 15.6 Å². The van der Waals surface area contributed by atoms with Crippen molar-refractivity contribution in [2.75, 3.05) is 33.2 Å². The van der Waals surface area contributed by atoms with Crippen molar-refractivity contribution in [3.63, 3.8) is 0 Å². The van der Waals surface area contributed by atoms with Crippen LogP contribution in [-0.2, 0) is 11.2 Å². The Kier molecular flexibility index (Phi) is 5.32. The number of aromatic nitrogens is 1. The van der Waals surface area contributed by atoms with Gasteiger partial charge in [-0.15, -0.1) is 6.58 Å². The molecule has 0 radical (unpaired) electrons. The monoisotopic (exact) mass is 366 g/mol. The van der Waals surface area contributed by atoms with Gasteiger partial charge in [0.25, 0.3) is 0 Å². The van der Waals surface area contributed by atoms with Crippen LogP contribution in [0.15, 0.2) is 37.1 Å². The SMILES string of the molecule is C=CCN1C[C@H](C(=O)NCCCNC)CC2c3cccc4[nH]cc(c34)C[C@H]21. The van der Waals surface area contributed by atoms with Crippen molar-refractivity contribution in [3.05, 3.63) is 48.2 Å². The van der Waals surface area contributed by atoms with Gasteiger partial charge in [0.2, 0.25) is 5.91 Å². The van der Waals surface area contributed by atoms with E-state index in [9.17, 15) is 4.79 Å². The largest absolute Gasteiger partial charge is 0.361 e. The Morgan fingerprint density at radius 3 is 3.11 bits per heavy atom. The molecule has 2 aromatic rings. The number of rotatable bonds is 7. The van der Waals surface area contributed by atoms with Gasteiger partial charge in [0.1, 0.15) is 0 Å². The predicted molar refractivity (Wildman–Crippen MR) is 110 cm³/mol. The summed E-state index contributed by atoms with van der Waals surface area (Å²) < 4.78 is 0. The summed E-state index contributed by atoms with van der Waals surface area (Å²) in [6.07, 6.45) is 7.07. The number of nitrogens with one attached hydrogen (secondary N) is 3. The molecule has 2 aliphatic rings. The summed E-state index contributed by atoms with van der Waals surface area (Å²) in [4.78, 5) is 18.7. The lowest BCUT2D eigenvalue weighted by Gasteiger charge is -2.46. The molecule has 1 aromatic heterocycles. The Hall–Kier alpha value is -2.11. The first-order chi connectivity index (χ1) is 13.2. The number of nitrogens with zero attached hydrogens (tertiary/aromatic N) is 1. The first-order valence-electron chi connectivity index (χ1n) is 10.1. The third kappa shape index (κ3) is 3.42. The molecule has 1 aliphatic heterocycles. The molecule has 0 bridgehead atoms. The van der Waals surface area contributed by atoms with Crippen LogP contribution >= 0.6 is 0 Å². The number of hydrogen-bond donors (Lipinski definition) is 3. The zero-order chi connectivity index (χ0) is 18.8. The molecule has 1 aromatic carbocycles. The van der Waals surface area contributed by atoms with Crippen LogP contribution in [0.5, 0.6) is 0 Å². The minimum absolute atomic E-state index is 0.0385. The van der Waals surface area contributed by atoms with Crippen LogP contribution < -0.4 is 10.6 Å². The molecule has 2 heterocycles. The van der Waals surface area contributed by atoms with E-state index in [0.29, 0.717) is 12.0 Å². The molecular formula is C22H30N4O. The quantitative estimate of drug-likeness (QED) is 0.521. The molecule has 27 heavy (non-hydrogen) atoms.